The van der Waals surface area contributed by atoms with Crippen molar-refractivity contribution in [3.05, 3.63) is 28.8 Å². The molecule has 0 saturated heterocycles. The molecule has 0 radical (unpaired) electrons. The maximum absolute atomic E-state index is 10.0. The Hall–Kier alpha value is -1.24. The van der Waals surface area contributed by atoms with Gasteiger partial charge in [-0.2, -0.15) is 5.26 Å². The first-order chi connectivity index (χ1) is 7.86. The van der Waals surface area contributed by atoms with Crippen LogP contribution < -0.4 is 4.74 Å². The van der Waals surface area contributed by atoms with E-state index < -0.39 is 5.60 Å². The van der Waals surface area contributed by atoms with Crippen molar-refractivity contribution in [1.29, 1.82) is 5.26 Å². The SMILES string of the molecule is CC(C)C(C)(O)COc1ccc(C#N)c(Cl)c1. The van der Waals surface area contributed by atoms with Gasteiger partial charge >= 0.3 is 0 Å². The van der Waals surface area contributed by atoms with E-state index in [9.17, 15) is 5.11 Å². The Morgan fingerprint density at radius 1 is 1.53 bits per heavy atom. The van der Waals surface area contributed by atoms with Gasteiger partial charge in [-0.25, -0.2) is 0 Å². The van der Waals surface area contributed by atoms with Crippen molar-refractivity contribution in [1.82, 2.24) is 0 Å². The van der Waals surface area contributed by atoms with Gasteiger partial charge in [0.05, 0.1) is 16.2 Å². The second-order valence-corrected chi connectivity index (χ2v) is 4.96. The van der Waals surface area contributed by atoms with Gasteiger partial charge in [0.2, 0.25) is 0 Å². The minimum atomic E-state index is -0.889. The summed E-state index contributed by atoms with van der Waals surface area (Å²) in [5.41, 5.74) is -0.477. The maximum atomic E-state index is 10.0. The fourth-order valence-corrected chi connectivity index (χ4v) is 1.29. The monoisotopic (exact) mass is 253 g/mol. The quantitative estimate of drug-likeness (QED) is 0.898. The molecule has 1 aromatic carbocycles. The number of hydrogen-bond donors (Lipinski definition) is 1. The molecule has 92 valence electrons. The van der Waals surface area contributed by atoms with Crippen LogP contribution in [0.25, 0.3) is 0 Å². The van der Waals surface area contributed by atoms with Gasteiger partial charge in [-0.05, 0) is 25.0 Å². The average Bonchev–Trinajstić information content (AvgIpc) is 2.26. The van der Waals surface area contributed by atoms with Gasteiger partial charge in [0, 0.05) is 6.07 Å². The number of ether oxygens (including phenoxy) is 1. The largest absolute Gasteiger partial charge is 0.491 e. The Bertz CT molecular complexity index is 436. The van der Waals surface area contributed by atoms with Crippen LogP contribution in [0.4, 0.5) is 0 Å². The van der Waals surface area contributed by atoms with E-state index in [1.165, 1.54) is 0 Å². The lowest BCUT2D eigenvalue weighted by Gasteiger charge is -2.27. The number of nitrogens with zero attached hydrogens (tertiary/aromatic N) is 1. The van der Waals surface area contributed by atoms with Crippen molar-refractivity contribution >= 4 is 11.6 Å². The molecule has 1 aromatic rings. The molecule has 4 heteroatoms. The van der Waals surface area contributed by atoms with E-state index in [1.807, 2.05) is 19.9 Å². The lowest BCUT2D eigenvalue weighted by atomic mass is 9.94. The van der Waals surface area contributed by atoms with Gasteiger partial charge in [0.25, 0.3) is 0 Å². The zero-order chi connectivity index (χ0) is 13.1. The maximum Gasteiger partial charge on any atom is 0.121 e. The predicted octanol–water partition coefficient (Wildman–Crippen LogP) is 3.00. The molecule has 17 heavy (non-hydrogen) atoms. The average molecular weight is 254 g/mol. The summed E-state index contributed by atoms with van der Waals surface area (Å²) in [4.78, 5) is 0. The molecule has 0 aliphatic rings. The number of aliphatic hydroxyl groups is 1. The zero-order valence-corrected chi connectivity index (χ0v) is 11.0. The molecule has 0 heterocycles. The van der Waals surface area contributed by atoms with Gasteiger partial charge < -0.3 is 9.84 Å². The third kappa shape index (κ3) is 3.62. The molecule has 0 aliphatic carbocycles. The smallest absolute Gasteiger partial charge is 0.121 e. The summed E-state index contributed by atoms with van der Waals surface area (Å²) in [5, 5.41) is 19.1. The minimum absolute atomic E-state index is 0.0938. The highest BCUT2D eigenvalue weighted by atomic mass is 35.5. The van der Waals surface area contributed by atoms with Crippen LogP contribution in [-0.4, -0.2) is 17.3 Å². The van der Waals surface area contributed by atoms with Crippen LogP contribution in [0, 0.1) is 17.2 Å². The standard InChI is InChI=1S/C13H16ClNO2/c1-9(2)13(3,16)8-17-11-5-4-10(7-15)12(14)6-11/h4-6,9,16H,8H2,1-3H3. The van der Waals surface area contributed by atoms with Gasteiger partial charge in [-0.1, -0.05) is 25.4 Å². The molecule has 0 aromatic heterocycles. The highest BCUT2D eigenvalue weighted by Gasteiger charge is 2.25. The molecule has 0 bridgehead atoms. The van der Waals surface area contributed by atoms with E-state index in [-0.39, 0.29) is 12.5 Å². The lowest BCUT2D eigenvalue weighted by Crippen LogP contribution is -2.37. The number of rotatable bonds is 4. The number of benzene rings is 1. The van der Waals surface area contributed by atoms with Crippen molar-refractivity contribution in [2.24, 2.45) is 5.92 Å². The third-order valence-corrected chi connectivity index (χ3v) is 3.15. The summed E-state index contributed by atoms with van der Waals surface area (Å²) >= 11 is 5.88. The van der Waals surface area contributed by atoms with E-state index in [0.29, 0.717) is 16.3 Å². The lowest BCUT2D eigenvalue weighted by molar-refractivity contribution is -0.0266. The highest BCUT2D eigenvalue weighted by Crippen LogP contribution is 2.24. The highest BCUT2D eigenvalue weighted by molar-refractivity contribution is 6.31. The number of halogens is 1. The summed E-state index contributed by atoms with van der Waals surface area (Å²) in [6.45, 7) is 5.76. The Balaban J connectivity index is 2.72. The molecule has 3 nitrogen and oxygen atoms in total. The topological polar surface area (TPSA) is 53.2 Å². The number of hydrogen-bond acceptors (Lipinski definition) is 3. The van der Waals surface area contributed by atoms with E-state index >= 15 is 0 Å². The van der Waals surface area contributed by atoms with Gasteiger partial charge in [-0.3, -0.25) is 0 Å². The van der Waals surface area contributed by atoms with Crippen LogP contribution in [0.5, 0.6) is 5.75 Å². The second kappa shape index (κ2) is 5.39. The van der Waals surface area contributed by atoms with Crippen LogP contribution in [0.1, 0.15) is 26.3 Å². The van der Waals surface area contributed by atoms with Crippen LogP contribution in [0.2, 0.25) is 5.02 Å². The van der Waals surface area contributed by atoms with Crippen LogP contribution in [0.3, 0.4) is 0 Å². The molecule has 0 spiro atoms. The molecule has 0 amide bonds. The molecular weight excluding hydrogens is 238 g/mol. The summed E-state index contributed by atoms with van der Waals surface area (Å²) in [7, 11) is 0. The third-order valence-electron chi connectivity index (χ3n) is 2.84. The van der Waals surface area contributed by atoms with Crippen LogP contribution >= 0.6 is 11.6 Å². The first kappa shape index (κ1) is 13.8. The second-order valence-electron chi connectivity index (χ2n) is 4.55. The van der Waals surface area contributed by atoms with Gasteiger partial charge in [0.15, 0.2) is 0 Å². The Kier molecular flexibility index (Phi) is 4.39. The molecule has 0 fully saturated rings. The van der Waals surface area contributed by atoms with E-state index in [1.54, 1.807) is 25.1 Å². The predicted molar refractivity (Wildman–Crippen MR) is 67.1 cm³/mol. The minimum Gasteiger partial charge on any atom is -0.491 e. The van der Waals surface area contributed by atoms with E-state index in [4.69, 9.17) is 21.6 Å². The first-order valence-corrected chi connectivity index (χ1v) is 5.79. The van der Waals surface area contributed by atoms with E-state index in [2.05, 4.69) is 0 Å². The molecule has 1 unspecified atom stereocenters. The molecule has 1 rings (SSSR count). The number of nitriles is 1. The van der Waals surface area contributed by atoms with Crippen molar-refractivity contribution in [3.8, 4) is 11.8 Å². The van der Waals surface area contributed by atoms with E-state index in [0.717, 1.165) is 0 Å². The summed E-state index contributed by atoms with van der Waals surface area (Å²) in [5.74, 6) is 0.645. The zero-order valence-electron chi connectivity index (χ0n) is 10.2. The summed E-state index contributed by atoms with van der Waals surface area (Å²) in [6, 6.07) is 6.82. The van der Waals surface area contributed by atoms with Gasteiger partial charge in [0.1, 0.15) is 18.4 Å². The van der Waals surface area contributed by atoms with Crippen LogP contribution in [-0.2, 0) is 0 Å². The molecule has 0 saturated carbocycles. The van der Waals surface area contributed by atoms with Crippen molar-refractivity contribution in [3.63, 3.8) is 0 Å². The van der Waals surface area contributed by atoms with Crippen molar-refractivity contribution in [2.45, 2.75) is 26.4 Å². The first-order valence-electron chi connectivity index (χ1n) is 5.41. The normalized spacial score (nSPS) is 14.2. The molecule has 1 N–H and O–H groups in total. The fourth-order valence-electron chi connectivity index (χ4n) is 1.07. The Morgan fingerprint density at radius 2 is 2.18 bits per heavy atom. The Labute approximate surface area is 107 Å². The Morgan fingerprint density at radius 3 is 2.65 bits per heavy atom. The molecule has 0 aliphatic heterocycles. The van der Waals surface area contributed by atoms with Crippen molar-refractivity contribution < 1.29 is 9.84 Å². The molecule has 1 atom stereocenters. The molecular formula is C13H16ClNO2. The van der Waals surface area contributed by atoms with Crippen LogP contribution in [0.15, 0.2) is 18.2 Å². The van der Waals surface area contributed by atoms with Gasteiger partial charge in [-0.15, -0.1) is 0 Å². The van der Waals surface area contributed by atoms with Crippen molar-refractivity contribution in [2.75, 3.05) is 6.61 Å². The summed E-state index contributed by atoms with van der Waals surface area (Å²) in [6.07, 6.45) is 0. The summed E-state index contributed by atoms with van der Waals surface area (Å²) < 4.78 is 5.47. The fraction of sp³-hybridized carbons (Fsp3) is 0.462.